The average Bonchev–Trinajstić information content (AvgIpc) is 2.78. The molecule has 10 heteroatoms. The summed E-state index contributed by atoms with van der Waals surface area (Å²) in [5.74, 6) is -2.04. The number of quaternary nitrogens is 1. The molecule has 2 amide bonds. The van der Waals surface area contributed by atoms with Gasteiger partial charge < -0.3 is 10.3 Å². The summed E-state index contributed by atoms with van der Waals surface area (Å²) in [4.78, 5) is 40.9. The molecule has 0 fully saturated rings. The largest absolute Gasteiger partial charge is 0.543 e. The van der Waals surface area contributed by atoms with E-state index in [1.807, 2.05) is 0 Å². The summed E-state index contributed by atoms with van der Waals surface area (Å²) >= 11 is 0. The molecule has 0 aromatic heterocycles. The normalized spacial score (nSPS) is 16.0. The standard InChI is InChI=1S/C14H16N4O6/c1-18(17(15)23,8-6-12(19)20)24-9-7-16-13(21)10-4-2-3-5-11(10)14(16)22/h2-5,15H,6-9H2,1H3/p+1. The number of hydrogen-bond acceptors (Lipinski definition) is 6. The van der Waals surface area contributed by atoms with Crippen LogP contribution in [0.5, 0.6) is 0 Å². The molecule has 0 saturated heterocycles. The number of amides is 2. The summed E-state index contributed by atoms with van der Waals surface area (Å²) in [5.41, 5.74) is 7.74. The number of hydrogen-bond donors (Lipinski definition) is 2. The number of benzene rings is 1. The second-order valence-electron chi connectivity index (χ2n) is 5.33. The summed E-state index contributed by atoms with van der Waals surface area (Å²) in [7, 11) is 1.23. The summed E-state index contributed by atoms with van der Waals surface area (Å²) in [6, 6.07) is 6.40. The van der Waals surface area contributed by atoms with Crippen LogP contribution in [0, 0.1) is 10.7 Å². The number of aliphatic carboxylic acids is 1. The highest BCUT2D eigenvalue weighted by atomic mass is 16.8. The van der Waals surface area contributed by atoms with Gasteiger partial charge in [-0.1, -0.05) is 12.1 Å². The summed E-state index contributed by atoms with van der Waals surface area (Å²) < 4.78 is -0.949. The molecular weight excluding hydrogens is 320 g/mol. The zero-order valence-corrected chi connectivity index (χ0v) is 13.0. The van der Waals surface area contributed by atoms with Gasteiger partial charge in [0.1, 0.15) is 18.0 Å². The lowest BCUT2D eigenvalue weighted by molar-refractivity contribution is -1.43. The van der Waals surface area contributed by atoms with E-state index in [0.29, 0.717) is 11.1 Å². The predicted octanol–water partition coefficient (Wildman–Crippen LogP) is 0.592. The van der Waals surface area contributed by atoms with E-state index in [1.54, 1.807) is 24.3 Å². The monoisotopic (exact) mass is 337 g/mol. The molecule has 2 N–H and O–H groups in total. The lowest BCUT2D eigenvalue weighted by atomic mass is 10.1. The Hall–Kier alpha value is -2.85. The molecule has 1 unspecified atom stereocenters. The number of nitrogens with one attached hydrogen (secondary N) is 1. The minimum Gasteiger partial charge on any atom is -0.543 e. The highest BCUT2D eigenvalue weighted by molar-refractivity contribution is 6.21. The minimum absolute atomic E-state index is 0.110. The molecular formula is C14H17N4O6+. The molecule has 1 aliphatic heterocycles. The van der Waals surface area contributed by atoms with Gasteiger partial charge >= 0.3 is 5.97 Å². The molecule has 0 bridgehead atoms. The van der Waals surface area contributed by atoms with Crippen LogP contribution in [0.25, 0.3) is 0 Å². The first kappa shape index (κ1) is 17.5. The van der Waals surface area contributed by atoms with Crippen molar-refractivity contribution < 1.29 is 34.1 Å². The van der Waals surface area contributed by atoms with Crippen LogP contribution in [0.3, 0.4) is 0 Å². The maximum Gasteiger partial charge on any atom is 0.309 e. The van der Waals surface area contributed by atoms with Crippen LogP contribution in [0.1, 0.15) is 27.1 Å². The van der Waals surface area contributed by atoms with E-state index in [9.17, 15) is 19.6 Å². The van der Waals surface area contributed by atoms with E-state index < -0.39 is 22.5 Å². The Labute approximate surface area is 137 Å². The van der Waals surface area contributed by atoms with Gasteiger partial charge in [0.05, 0.1) is 22.4 Å². The Morgan fingerprint density at radius 2 is 1.88 bits per heavy atom. The summed E-state index contributed by atoms with van der Waals surface area (Å²) in [6.07, 6.45) is -0.374. The Balaban J connectivity index is 1.98. The van der Waals surface area contributed by atoms with Gasteiger partial charge in [0.2, 0.25) is 0 Å². The van der Waals surface area contributed by atoms with Gasteiger partial charge in [-0.15, -0.1) is 4.84 Å². The lowest BCUT2D eigenvalue weighted by Crippen LogP contribution is -2.51. The number of carboxylic acid groups (broad SMARTS) is 1. The van der Waals surface area contributed by atoms with Crippen LogP contribution in [0.4, 0.5) is 0 Å². The molecule has 1 heterocycles. The SMILES string of the molecule is C[N+](CCC(=O)O)(OCCN1C(=O)c2ccccc2C1=O)[N+](=N)[O-]. The van der Waals surface area contributed by atoms with Gasteiger partial charge in [0, 0.05) is 5.53 Å². The van der Waals surface area contributed by atoms with Gasteiger partial charge in [-0.05, 0) is 12.1 Å². The number of rotatable bonds is 8. The van der Waals surface area contributed by atoms with E-state index in [-0.39, 0.29) is 31.1 Å². The third-order valence-corrected chi connectivity index (χ3v) is 3.69. The van der Waals surface area contributed by atoms with Crippen molar-refractivity contribution in [2.45, 2.75) is 6.42 Å². The van der Waals surface area contributed by atoms with Crippen molar-refractivity contribution in [2.24, 2.45) is 0 Å². The smallest absolute Gasteiger partial charge is 0.309 e. The van der Waals surface area contributed by atoms with E-state index in [0.717, 1.165) is 4.90 Å². The molecule has 0 spiro atoms. The topological polar surface area (TPSA) is 134 Å². The van der Waals surface area contributed by atoms with Crippen LogP contribution < -0.4 is 0 Å². The van der Waals surface area contributed by atoms with Crippen molar-refractivity contribution in [3.05, 3.63) is 40.6 Å². The molecule has 2 rings (SSSR count). The first-order chi connectivity index (χ1) is 11.3. The number of carbonyl (C=O) groups excluding carboxylic acids is 2. The Morgan fingerprint density at radius 1 is 1.33 bits per heavy atom. The molecule has 0 saturated carbocycles. The third-order valence-electron chi connectivity index (χ3n) is 3.69. The van der Waals surface area contributed by atoms with Crippen LogP contribution in [0.2, 0.25) is 0 Å². The molecule has 0 radical (unpaired) electrons. The number of nitrogens with zero attached hydrogens (tertiary/aromatic N) is 3. The second-order valence-corrected chi connectivity index (χ2v) is 5.33. The van der Waals surface area contributed by atoms with Crippen molar-refractivity contribution in [2.75, 3.05) is 26.7 Å². The Morgan fingerprint density at radius 3 is 2.33 bits per heavy atom. The highest BCUT2D eigenvalue weighted by Gasteiger charge is 2.38. The molecule has 1 atom stereocenters. The maximum atomic E-state index is 12.2. The maximum absolute atomic E-state index is 12.2. The van der Waals surface area contributed by atoms with Crippen molar-refractivity contribution in [1.29, 1.82) is 5.53 Å². The molecule has 0 aliphatic carbocycles. The van der Waals surface area contributed by atoms with Crippen LogP contribution in [-0.4, -0.2) is 64.3 Å². The fourth-order valence-corrected chi connectivity index (χ4v) is 2.28. The van der Waals surface area contributed by atoms with Gasteiger partial charge in [0.25, 0.3) is 11.8 Å². The quantitative estimate of drug-likeness (QED) is 0.234. The molecule has 1 aromatic carbocycles. The second kappa shape index (κ2) is 6.72. The fourth-order valence-electron chi connectivity index (χ4n) is 2.28. The number of carboxylic acids is 1. The van der Waals surface area contributed by atoms with Crippen molar-refractivity contribution >= 4 is 17.8 Å². The summed E-state index contributed by atoms with van der Waals surface area (Å²) in [6.45, 7) is -0.579. The van der Waals surface area contributed by atoms with Gasteiger partial charge in [-0.25, -0.2) is 0 Å². The van der Waals surface area contributed by atoms with Crippen LogP contribution in [-0.2, 0) is 9.63 Å². The highest BCUT2D eigenvalue weighted by Crippen LogP contribution is 2.22. The zero-order chi connectivity index (χ0) is 17.9. The third kappa shape index (κ3) is 3.39. The number of hydroxylamine groups is 2. The van der Waals surface area contributed by atoms with Crippen LogP contribution >= 0.6 is 0 Å². The van der Waals surface area contributed by atoms with E-state index in [1.165, 1.54) is 7.05 Å². The molecule has 1 aromatic rings. The first-order valence-corrected chi connectivity index (χ1v) is 7.12. The first-order valence-electron chi connectivity index (χ1n) is 7.12. The van der Waals surface area contributed by atoms with Crippen molar-refractivity contribution in [3.63, 3.8) is 0 Å². The molecule has 24 heavy (non-hydrogen) atoms. The zero-order valence-electron chi connectivity index (χ0n) is 13.0. The van der Waals surface area contributed by atoms with Gasteiger partial charge in [-0.3, -0.25) is 19.3 Å². The van der Waals surface area contributed by atoms with E-state index in [2.05, 4.69) is 0 Å². The minimum atomic E-state index is -1.13. The Kier molecular flexibility index (Phi) is 4.90. The van der Waals surface area contributed by atoms with Crippen molar-refractivity contribution in [3.8, 4) is 0 Å². The number of carbonyl (C=O) groups is 3. The van der Waals surface area contributed by atoms with E-state index >= 15 is 0 Å². The molecule has 1 aliphatic rings. The fraction of sp³-hybridized carbons (Fsp3) is 0.357. The molecule has 10 nitrogen and oxygen atoms in total. The van der Waals surface area contributed by atoms with Gasteiger partial charge in [-0.2, -0.15) is 0 Å². The molecule has 128 valence electrons. The predicted molar refractivity (Wildman–Crippen MR) is 77.4 cm³/mol. The number of imide groups is 1. The Bertz CT molecular complexity index is 671. The van der Waals surface area contributed by atoms with Crippen LogP contribution in [0.15, 0.2) is 24.3 Å². The number of fused-ring (bicyclic) bond motifs is 1. The van der Waals surface area contributed by atoms with Crippen molar-refractivity contribution in [1.82, 2.24) is 4.90 Å². The summed E-state index contributed by atoms with van der Waals surface area (Å²) in [5, 5.41) is 20.0. The lowest BCUT2D eigenvalue weighted by Gasteiger charge is -2.23. The van der Waals surface area contributed by atoms with Gasteiger partial charge in [0.15, 0.2) is 13.6 Å². The average molecular weight is 337 g/mol. The van der Waals surface area contributed by atoms with E-state index in [4.69, 9.17) is 15.5 Å².